The molecule has 198 valence electrons. The standard InChI is InChI=1S/C26H28N6O5S/c1-16-15-38-22(28-16)20-12-7-13-32(20)23(34)19-11-6-10-18(29-19)21(33)30-31-24(35)26(2,37-25(27)36)14-17-8-4-3-5-9-17/h3-6,8-11,15,20H,7,12-14H2,1-2H3,(H2,27,36)(H,30,33)(H,31,35)/t20-,26-/m1/s1. The van der Waals surface area contributed by atoms with E-state index in [1.54, 1.807) is 35.2 Å². The van der Waals surface area contributed by atoms with E-state index in [1.807, 2.05) is 18.4 Å². The number of rotatable bonds is 7. The highest BCUT2D eigenvalue weighted by atomic mass is 32.1. The molecule has 11 nitrogen and oxygen atoms in total. The van der Waals surface area contributed by atoms with E-state index >= 15 is 0 Å². The van der Waals surface area contributed by atoms with Crippen LogP contribution in [0.4, 0.5) is 4.79 Å². The van der Waals surface area contributed by atoms with Crippen molar-refractivity contribution in [2.24, 2.45) is 5.73 Å². The van der Waals surface area contributed by atoms with E-state index in [0.29, 0.717) is 6.54 Å². The number of benzene rings is 1. The van der Waals surface area contributed by atoms with Gasteiger partial charge in [-0.2, -0.15) is 0 Å². The normalized spacial score (nSPS) is 16.4. The minimum atomic E-state index is -1.69. The molecule has 0 aliphatic carbocycles. The predicted molar refractivity (Wildman–Crippen MR) is 139 cm³/mol. The van der Waals surface area contributed by atoms with Crippen LogP contribution in [-0.4, -0.2) is 50.8 Å². The second-order valence-electron chi connectivity index (χ2n) is 9.11. The highest BCUT2D eigenvalue weighted by Crippen LogP contribution is 2.34. The van der Waals surface area contributed by atoms with Crippen molar-refractivity contribution in [2.75, 3.05) is 6.54 Å². The first-order valence-corrected chi connectivity index (χ1v) is 12.9. The Morgan fingerprint density at radius 2 is 1.82 bits per heavy atom. The lowest BCUT2D eigenvalue weighted by Gasteiger charge is -2.27. The molecule has 2 atom stereocenters. The quantitative estimate of drug-likeness (QED) is 0.392. The van der Waals surface area contributed by atoms with E-state index in [-0.39, 0.29) is 29.8 Å². The molecule has 4 N–H and O–H groups in total. The van der Waals surface area contributed by atoms with Gasteiger partial charge in [0.25, 0.3) is 17.7 Å². The number of hydrogen-bond donors (Lipinski definition) is 3. The van der Waals surface area contributed by atoms with Crippen LogP contribution in [0.2, 0.25) is 0 Å². The number of ether oxygens (including phenoxy) is 1. The largest absolute Gasteiger partial charge is 0.433 e. The molecule has 1 aliphatic heterocycles. The molecule has 1 saturated heterocycles. The van der Waals surface area contributed by atoms with Gasteiger partial charge >= 0.3 is 6.09 Å². The second-order valence-corrected chi connectivity index (χ2v) is 10.0. The van der Waals surface area contributed by atoms with Crippen molar-refractivity contribution in [1.29, 1.82) is 0 Å². The van der Waals surface area contributed by atoms with Crippen LogP contribution in [0.1, 0.15) is 63.0 Å². The summed E-state index contributed by atoms with van der Waals surface area (Å²) in [7, 11) is 0. The van der Waals surface area contributed by atoms with Crippen molar-refractivity contribution in [1.82, 2.24) is 25.7 Å². The maximum absolute atomic E-state index is 13.3. The van der Waals surface area contributed by atoms with Gasteiger partial charge in [0.2, 0.25) is 0 Å². The zero-order valence-corrected chi connectivity index (χ0v) is 21.8. The zero-order valence-electron chi connectivity index (χ0n) is 21.0. The van der Waals surface area contributed by atoms with Crippen molar-refractivity contribution in [3.63, 3.8) is 0 Å². The highest BCUT2D eigenvalue weighted by molar-refractivity contribution is 7.09. The Morgan fingerprint density at radius 1 is 1.08 bits per heavy atom. The molecule has 0 unspecified atom stereocenters. The van der Waals surface area contributed by atoms with Crippen molar-refractivity contribution in [2.45, 2.75) is 44.8 Å². The molecule has 1 aliphatic rings. The van der Waals surface area contributed by atoms with Gasteiger partial charge in [-0.25, -0.2) is 14.8 Å². The van der Waals surface area contributed by atoms with Crippen LogP contribution in [0.5, 0.6) is 0 Å². The summed E-state index contributed by atoms with van der Waals surface area (Å²) in [6.45, 7) is 3.87. The van der Waals surface area contributed by atoms with Crippen LogP contribution in [0.3, 0.4) is 0 Å². The van der Waals surface area contributed by atoms with Gasteiger partial charge in [-0.15, -0.1) is 11.3 Å². The lowest BCUT2D eigenvalue weighted by molar-refractivity contribution is -0.138. The molecular weight excluding hydrogens is 508 g/mol. The summed E-state index contributed by atoms with van der Waals surface area (Å²) < 4.78 is 5.10. The van der Waals surface area contributed by atoms with Gasteiger partial charge < -0.3 is 15.4 Å². The molecule has 0 radical (unpaired) electrons. The Bertz CT molecular complexity index is 1350. The van der Waals surface area contributed by atoms with Crippen molar-refractivity contribution in [3.8, 4) is 0 Å². The number of carbonyl (C=O) groups is 4. The second kappa shape index (κ2) is 11.4. The third-order valence-corrected chi connectivity index (χ3v) is 7.18. The molecule has 1 fully saturated rings. The predicted octanol–water partition coefficient (Wildman–Crippen LogP) is 2.68. The van der Waals surface area contributed by atoms with Gasteiger partial charge in [0.1, 0.15) is 16.4 Å². The number of amides is 4. The van der Waals surface area contributed by atoms with Crippen molar-refractivity contribution in [3.05, 3.63) is 81.6 Å². The lowest BCUT2D eigenvalue weighted by atomic mass is 9.95. The Balaban J connectivity index is 1.43. The number of aryl methyl sites for hydroxylation is 1. The molecule has 1 aromatic carbocycles. The van der Waals surface area contributed by atoms with Crippen LogP contribution in [-0.2, 0) is 16.0 Å². The first-order valence-electron chi connectivity index (χ1n) is 12.0. The summed E-state index contributed by atoms with van der Waals surface area (Å²) in [5.74, 6) is -1.84. The van der Waals surface area contributed by atoms with E-state index in [1.165, 1.54) is 30.4 Å². The summed E-state index contributed by atoms with van der Waals surface area (Å²) in [5, 5.41) is 2.83. The summed E-state index contributed by atoms with van der Waals surface area (Å²) in [6.07, 6.45) is 0.540. The molecule has 12 heteroatoms. The van der Waals surface area contributed by atoms with Crippen LogP contribution in [0.15, 0.2) is 53.9 Å². The average Bonchev–Trinajstić information content (AvgIpc) is 3.55. The van der Waals surface area contributed by atoms with Crippen LogP contribution in [0.25, 0.3) is 0 Å². The number of primary amides is 1. The Hall–Kier alpha value is -4.32. The van der Waals surface area contributed by atoms with E-state index in [9.17, 15) is 19.2 Å². The summed E-state index contributed by atoms with van der Waals surface area (Å²) in [5.41, 5.74) is 9.70. The number of aromatic nitrogens is 2. The topological polar surface area (TPSA) is 157 Å². The number of pyridine rings is 1. The third-order valence-electron chi connectivity index (χ3n) is 6.12. The van der Waals surface area contributed by atoms with Crippen LogP contribution < -0.4 is 16.6 Å². The molecule has 3 heterocycles. The van der Waals surface area contributed by atoms with E-state index < -0.39 is 23.5 Å². The third kappa shape index (κ3) is 6.14. The summed E-state index contributed by atoms with van der Waals surface area (Å²) in [4.78, 5) is 60.9. The smallest absolute Gasteiger partial charge is 0.405 e. The van der Waals surface area contributed by atoms with Gasteiger partial charge in [0, 0.05) is 24.0 Å². The molecular formula is C26H28N6O5S. The van der Waals surface area contributed by atoms with Crippen molar-refractivity contribution < 1.29 is 23.9 Å². The summed E-state index contributed by atoms with van der Waals surface area (Å²) in [6, 6.07) is 13.3. The Morgan fingerprint density at radius 3 is 2.50 bits per heavy atom. The van der Waals surface area contributed by atoms with E-state index in [2.05, 4.69) is 20.8 Å². The maximum Gasteiger partial charge on any atom is 0.405 e. The van der Waals surface area contributed by atoms with Gasteiger partial charge in [0.15, 0.2) is 5.60 Å². The van der Waals surface area contributed by atoms with Crippen LogP contribution >= 0.6 is 11.3 Å². The number of nitrogens with two attached hydrogens (primary N) is 1. The Labute approximate surface area is 223 Å². The van der Waals surface area contributed by atoms with Crippen LogP contribution in [0, 0.1) is 6.92 Å². The Kier molecular flexibility index (Phi) is 8.01. The van der Waals surface area contributed by atoms with E-state index in [0.717, 1.165) is 29.1 Å². The van der Waals surface area contributed by atoms with Gasteiger partial charge in [-0.05, 0) is 44.4 Å². The number of carbonyl (C=O) groups excluding carboxylic acids is 4. The zero-order chi connectivity index (χ0) is 27.3. The average molecular weight is 537 g/mol. The van der Waals surface area contributed by atoms with Gasteiger partial charge in [-0.1, -0.05) is 36.4 Å². The van der Waals surface area contributed by atoms with Gasteiger partial charge in [0.05, 0.1) is 6.04 Å². The lowest BCUT2D eigenvalue weighted by Crippen LogP contribution is -2.55. The number of thiazole rings is 1. The fourth-order valence-corrected chi connectivity index (χ4v) is 5.24. The minimum Gasteiger partial charge on any atom is -0.433 e. The molecule has 0 bridgehead atoms. The molecule has 38 heavy (non-hydrogen) atoms. The molecule has 0 spiro atoms. The number of nitrogens with one attached hydrogen (secondary N) is 2. The molecule has 3 aromatic rings. The monoisotopic (exact) mass is 536 g/mol. The minimum absolute atomic E-state index is 0.0242. The SMILES string of the molecule is Cc1csc([C@H]2CCCN2C(=O)c2cccc(C(=O)NNC(=O)[C@@](C)(Cc3ccccc3)OC(N)=O)n2)n1. The fourth-order valence-electron chi connectivity index (χ4n) is 4.30. The number of nitrogens with zero attached hydrogens (tertiary/aromatic N) is 3. The number of likely N-dealkylation sites (tertiary alicyclic amines) is 1. The number of hydrogen-bond acceptors (Lipinski definition) is 8. The van der Waals surface area contributed by atoms with Crippen molar-refractivity contribution >= 4 is 35.2 Å². The van der Waals surface area contributed by atoms with Gasteiger partial charge in [-0.3, -0.25) is 25.2 Å². The summed E-state index contributed by atoms with van der Waals surface area (Å²) >= 11 is 1.52. The molecule has 4 amide bonds. The molecule has 4 rings (SSSR count). The van der Waals surface area contributed by atoms with E-state index in [4.69, 9.17) is 10.5 Å². The molecule has 2 aromatic heterocycles. The maximum atomic E-state index is 13.3. The first-order chi connectivity index (χ1) is 18.2. The first kappa shape index (κ1) is 26.7. The molecule has 0 saturated carbocycles. The number of hydrazine groups is 1. The highest BCUT2D eigenvalue weighted by Gasteiger charge is 2.38. The fraction of sp³-hybridized carbons (Fsp3) is 0.308.